The minimum absolute atomic E-state index is 0.0391. The van der Waals surface area contributed by atoms with Crippen LogP contribution in [-0.2, 0) is 4.79 Å². The first-order valence-electron chi connectivity index (χ1n) is 8.50. The number of nitrogens with one attached hydrogen (secondary N) is 1. The molecule has 6 nitrogen and oxygen atoms in total. The number of hydrogen-bond donors (Lipinski definition) is 1. The quantitative estimate of drug-likeness (QED) is 0.933. The minimum atomic E-state index is 0.0391. The van der Waals surface area contributed by atoms with E-state index in [4.69, 9.17) is 0 Å². The average molecular weight is 325 g/mol. The molecule has 2 aromatic heterocycles. The number of likely N-dealkylation sites (tertiary alicyclic amines) is 1. The molecule has 0 saturated carbocycles. The van der Waals surface area contributed by atoms with E-state index in [1.807, 2.05) is 43.0 Å². The van der Waals surface area contributed by atoms with Crippen molar-refractivity contribution in [3.63, 3.8) is 0 Å². The number of aryl methyl sites for hydroxylation is 1. The van der Waals surface area contributed by atoms with E-state index in [0.717, 1.165) is 37.3 Å². The Labute approximate surface area is 142 Å². The zero-order chi connectivity index (χ0) is 16.9. The van der Waals surface area contributed by atoms with Gasteiger partial charge < -0.3 is 10.2 Å². The summed E-state index contributed by atoms with van der Waals surface area (Å²) in [6.45, 7) is 4.60. The SMILES string of the molecule is CCC(=O)N1CCCC[C@H]1c1cc(Nc2ccccn2)nc(C)n1. The Kier molecular flexibility index (Phi) is 5.03. The second-order valence-corrected chi connectivity index (χ2v) is 6.02. The Morgan fingerprint density at radius 2 is 2.17 bits per heavy atom. The van der Waals surface area contributed by atoms with Gasteiger partial charge in [-0.05, 0) is 38.3 Å². The molecule has 0 bridgehead atoms. The summed E-state index contributed by atoms with van der Waals surface area (Å²) in [5, 5.41) is 3.22. The molecule has 3 rings (SSSR count). The number of nitrogens with zero attached hydrogens (tertiary/aromatic N) is 4. The lowest BCUT2D eigenvalue weighted by Gasteiger charge is -2.35. The van der Waals surface area contributed by atoms with E-state index < -0.39 is 0 Å². The fourth-order valence-corrected chi connectivity index (χ4v) is 3.13. The molecule has 0 spiro atoms. The number of rotatable bonds is 4. The van der Waals surface area contributed by atoms with Crippen LogP contribution in [-0.4, -0.2) is 32.3 Å². The predicted molar refractivity (Wildman–Crippen MR) is 92.9 cm³/mol. The number of hydrogen-bond acceptors (Lipinski definition) is 5. The summed E-state index contributed by atoms with van der Waals surface area (Å²) in [6.07, 6.45) is 5.39. The molecule has 1 N–H and O–H groups in total. The lowest BCUT2D eigenvalue weighted by atomic mass is 9.98. The third kappa shape index (κ3) is 3.69. The molecule has 1 atom stereocenters. The fraction of sp³-hybridized carbons (Fsp3) is 0.444. The van der Waals surface area contributed by atoms with Crippen LogP contribution in [0.3, 0.4) is 0 Å². The van der Waals surface area contributed by atoms with Crippen LogP contribution in [0.15, 0.2) is 30.5 Å². The van der Waals surface area contributed by atoms with Crippen molar-refractivity contribution in [1.82, 2.24) is 19.9 Å². The first-order chi connectivity index (χ1) is 11.7. The number of carbonyl (C=O) groups excluding carboxylic acids is 1. The molecular formula is C18H23N5O. The highest BCUT2D eigenvalue weighted by Gasteiger charge is 2.28. The highest BCUT2D eigenvalue weighted by Crippen LogP contribution is 2.31. The number of carbonyl (C=O) groups is 1. The number of aromatic nitrogens is 3. The molecule has 0 aliphatic carbocycles. The summed E-state index contributed by atoms with van der Waals surface area (Å²) in [6, 6.07) is 7.67. The number of pyridine rings is 1. The van der Waals surface area contributed by atoms with Gasteiger partial charge in [0, 0.05) is 25.2 Å². The zero-order valence-corrected chi connectivity index (χ0v) is 14.2. The minimum Gasteiger partial charge on any atom is -0.334 e. The summed E-state index contributed by atoms with van der Waals surface area (Å²) in [7, 11) is 0. The van der Waals surface area contributed by atoms with Crippen LogP contribution in [0.4, 0.5) is 11.6 Å². The normalized spacial score (nSPS) is 17.6. The summed E-state index contributed by atoms with van der Waals surface area (Å²) in [5.41, 5.74) is 0.905. The number of anilines is 2. The molecular weight excluding hydrogens is 302 g/mol. The van der Waals surface area contributed by atoms with E-state index in [2.05, 4.69) is 20.3 Å². The van der Waals surface area contributed by atoms with Crippen LogP contribution in [0.5, 0.6) is 0 Å². The maximum atomic E-state index is 12.3. The Bertz CT molecular complexity index is 704. The van der Waals surface area contributed by atoms with Crippen molar-refractivity contribution in [3.05, 3.63) is 42.0 Å². The van der Waals surface area contributed by atoms with Gasteiger partial charge in [-0.2, -0.15) is 0 Å². The van der Waals surface area contributed by atoms with Crippen LogP contribution in [0.2, 0.25) is 0 Å². The average Bonchev–Trinajstić information content (AvgIpc) is 2.61. The van der Waals surface area contributed by atoms with Crippen LogP contribution >= 0.6 is 0 Å². The smallest absolute Gasteiger partial charge is 0.222 e. The van der Waals surface area contributed by atoms with Gasteiger partial charge in [0.05, 0.1) is 11.7 Å². The van der Waals surface area contributed by atoms with Crippen molar-refractivity contribution in [2.45, 2.75) is 45.6 Å². The molecule has 1 amide bonds. The van der Waals surface area contributed by atoms with Crippen LogP contribution in [0.25, 0.3) is 0 Å². The third-order valence-electron chi connectivity index (χ3n) is 4.25. The Balaban J connectivity index is 1.88. The van der Waals surface area contributed by atoms with Gasteiger partial charge in [-0.25, -0.2) is 15.0 Å². The van der Waals surface area contributed by atoms with Crippen molar-refractivity contribution in [1.29, 1.82) is 0 Å². The van der Waals surface area contributed by atoms with E-state index in [1.54, 1.807) is 6.20 Å². The van der Waals surface area contributed by atoms with E-state index in [9.17, 15) is 4.79 Å². The highest BCUT2D eigenvalue weighted by molar-refractivity contribution is 5.76. The maximum absolute atomic E-state index is 12.3. The molecule has 24 heavy (non-hydrogen) atoms. The molecule has 1 aliphatic heterocycles. The molecule has 2 aromatic rings. The van der Waals surface area contributed by atoms with E-state index in [0.29, 0.717) is 18.1 Å². The Morgan fingerprint density at radius 1 is 1.29 bits per heavy atom. The summed E-state index contributed by atoms with van der Waals surface area (Å²) >= 11 is 0. The van der Waals surface area contributed by atoms with Gasteiger partial charge in [-0.1, -0.05) is 13.0 Å². The van der Waals surface area contributed by atoms with Crippen molar-refractivity contribution in [3.8, 4) is 0 Å². The van der Waals surface area contributed by atoms with Crippen LogP contribution in [0.1, 0.15) is 50.2 Å². The van der Waals surface area contributed by atoms with E-state index >= 15 is 0 Å². The number of piperidine rings is 1. The van der Waals surface area contributed by atoms with Crippen molar-refractivity contribution >= 4 is 17.5 Å². The summed E-state index contributed by atoms with van der Waals surface area (Å²) in [4.78, 5) is 27.6. The zero-order valence-electron chi connectivity index (χ0n) is 14.2. The molecule has 1 aliphatic rings. The highest BCUT2D eigenvalue weighted by atomic mass is 16.2. The summed E-state index contributed by atoms with van der Waals surface area (Å²) < 4.78 is 0. The lowest BCUT2D eigenvalue weighted by molar-refractivity contribution is -0.134. The van der Waals surface area contributed by atoms with Gasteiger partial charge in [-0.3, -0.25) is 4.79 Å². The molecule has 6 heteroatoms. The van der Waals surface area contributed by atoms with Gasteiger partial charge in [-0.15, -0.1) is 0 Å². The molecule has 0 unspecified atom stereocenters. The first-order valence-corrected chi connectivity index (χ1v) is 8.50. The number of amides is 1. The van der Waals surface area contributed by atoms with Crippen molar-refractivity contribution < 1.29 is 4.79 Å². The largest absolute Gasteiger partial charge is 0.334 e. The van der Waals surface area contributed by atoms with Crippen LogP contribution < -0.4 is 5.32 Å². The van der Waals surface area contributed by atoms with E-state index in [1.165, 1.54) is 0 Å². The monoisotopic (exact) mass is 325 g/mol. The topological polar surface area (TPSA) is 71.0 Å². The van der Waals surface area contributed by atoms with E-state index in [-0.39, 0.29) is 11.9 Å². The molecule has 3 heterocycles. The second-order valence-electron chi connectivity index (χ2n) is 6.02. The van der Waals surface area contributed by atoms with Crippen molar-refractivity contribution in [2.24, 2.45) is 0 Å². The molecule has 1 saturated heterocycles. The van der Waals surface area contributed by atoms with Gasteiger partial charge in [0.15, 0.2) is 0 Å². The predicted octanol–water partition coefficient (Wildman–Crippen LogP) is 3.39. The lowest BCUT2D eigenvalue weighted by Crippen LogP contribution is -2.38. The summed E-state index contributed by atoms with van der Waals surface area (Å²) in [5.74, 6) is 2.34. The Hall–Kier alpha value is -2.50. The second kappa shape index (κ2) is 7.38. The Morgan fingerprint density at radius 3 is 2.92 bits per heavy atom. The van der Waals surface area contributed by atoms with Gasteiger partial charge in [0.25, 0.3) is 0 Å². The molecule has 126 valence electrons. The standard InChI is InChI=1S/C18H23N5O/c1-3-18(24)23-11-7-5-8-15(23)14-12-17(21-13(2)20-14)22-16-9-4-6-10-19-16/h4,6,9-10,12,15H,3,5,7-8,11H2,1-2H3,(H,19,20,21,22)/t15-/m0/s1. The third-order valence-corrected chi connectivity index (χ3v) is 4.25. The fourth-order valence-electron chi connectivity index (χ4n) is 3.13. The molecule has 0 radical (unpaired) electrons. The van der Waals surface area contributed by atoms with Gasteiger partial charge in [0.1, 0.15) is 17.5 Å². The first kappa shape index (κ1) is 16.4. The van der Waals surface area contributed by atoms with Crippen molar-refractivity contribution in [2.75, 3.05) is 11.9 Å². The van der Waals surface area contributed by atoms with Gasteiger partial charge in [0.2, 0.25) is 5.91 Å². The van der Waals surface area contributed by atoms with Gasteiger partial charge >= 0.3 is 0 Å². The molecule has 0 aromatic carbocycles. The molecule has 1 fully saturated rings. The van der Waals surface area contributed by atoms with Crippen LogP contribution in [0, 0.1) is 6.92 Å². The maximum Gasteiger partial charge on any atom is 0.222 e.